The molecule has 0 unspecified atom stereocenters. The smallest absolute Gasteiger partial charge is 0.355 e. The van der Waals surface area contributed by atoms with Gasteiger partial charge in [-0.2, -0.15) is 13.2 Å². The highest BCUT2D eigenvalue weighted by molar-refractivity contribution is 7.80. The van der Waals surface area contributed by atoms with E-state index >= 15 is 0 Å². The number of alkyl halides is 3. The Labute approximate surface area is 176 Å². The third-order valence-electron chi connectivity index (χ3n) is 4.30. The molecule has 10 heteroatoms. The van der Waals surface area contributed by atoms with Crippen LogP contribution < -0.4 is 10.2 Å². The monoisotopic (exact) mass is 448 g/mol. The van der Waals surface area contributed by atoms with Crippen LogP contribution in [0, 0.1) is 0 Å². The fraction of sp³-hybridized carbons (Fsp3) is 0.333. The molecule has 0 amide bonds. The van der Waals surface area contributed by atoms with E-state index in [-0.39, 0.29) is 0 Å². The van der Waals surface area contributed by atoms with Gasteiger partial charge in [0, 0.05) is 48.1 Å². The first-order chi connectivity index (χ1) is 13.2. The summed E-state index contributed by atoms with van der Waals surface area (Å²) in [5.41, 5.74) is -0.0498. The van der Waals surface area contributed by atoms with E-state index in [1.807, 2.05) is 9.80 Å². The maximum atomic E-state index is 12.7. The molecule has 1 aromatic heterocycles. The zero-order chi connectivity index (χ0) is 20.3. The summed E-state index contributed by atoms with van der Waals surface area (Å²) in [5.74, 6) is 0.523. The van der Waals surface area contributed by atoms with Gasteiger partial charge in [-0.25, -0.2) is 4.98 Å². The molecule has 1 aliphatic rings. The van der Waals surface area contributed by atoms with Gasteiger partial charge in [-0.3, -0.25) is 0 Å². The molecule has 0 atom stereocenters. The third kappa shape index (κ3) is 5.40. The predicted octanol–water partition coefficient (Wildman–Crippen LogP) is 5.32. The van der Waals surface area contributed by atoms with Crippen molar-refractivity contribution in [2.75, 3.05) is 36.4 Å². The van der Waals surface area contributed by atoms with Gasteiger partial charge in [0.25, 0.3) is 0 Å². The fourth-order valence-electron chi connectivity index (χ4n) is 2.92. The molecule has 0 bridgehead atoms. The first kappa shape index (κ1) is 21.0. The highest BCUT2D eigenvalue weighted by Gasteiger charge is 2.31. The molecule has 0 spiro atoms. The molecule has 3 rings (SSSR count). The average Bonchev–Trinajstić information content (AvgIpc) is 2.86. The molecule has 1 saturated heterocycles. The zero-order valence-electron chi connectivity index (χ0n) is 14.6. The summed E-state index contributed by atoms with van der Waals surface area (Å²) in [6, 6.07) is 7.56. The van der Waals surface area contributed by atoms with Crippen LogP contribution in [0.3, 0.4) is 0 Å². The van der Waals surface area contributed by atoms with Gasteiger partial charge in [0.05, 0.1) is 5.56 Å². The highest BCUT2D eigenvalue weighted by Crippen LogP contribution is 2.29. The van der Waals surface area contributed by atoms with Crippen molar-refractivity contribution in [3.8, 4) is 0 Å². The van der Waals surface area contributed by atoms with Gasteiger partial charge in [-0.15, -0.1) is 0 Å². The van der Waals surface area contributed by atoms with E-state index in [2.05, 4.69) is 10.3 Å². The minimum Gasteiger partial charge on any atom is -0.355 e. The number of pyridine rings is 1. The van der Waals surface area contributed by atoms with Gasteiger partial charge in [-0.05, 0) is 49.0 Å². The molecule has 2 aromatic rings. The Bertz CT molecular complexity index is 825. The second-order valence-electron chi connectivity index (χ2n) is 6.32. The number of rotatable bonds is 2. The summed E-state index contributed by atoms with van der Waals surface area (Å²) in [4.78, 5) is 7.94. The largest absolute Gasteiger partial charge is 0.417 e. The molecule has 0 radical (unpaired) electrons. The predicted molar refractivity (Wildman–Crippen MR) is 110 cm³/mol. The summed E-state index contributed by atoms with van der Waals surface area (Å²) in [5, 5.41) is 4.69. The molecular formula is C18H17Cl2F3N4S. The van der Waals surface area contributed by atoms with Crippen LogP contribution in [0.15, 0.2) is 36.5 Å². The van der Waals surface area contributed by atoms with Gasteiger partial charge < -0.3 is 15.1 Å². The van der Waals surface area contributed by atoms with Crippen LogP contribution >= 0.6 is 35.4 Å². The molecule has 0 saturated carbocycles. The molecular weight excluding hydrogens is 432 g/mol. The van der Waals surface area contributed by atoms with Crippen LogP contribution in [0.2, 0.25) is 10.0 Å². The number of halogens is 5. The fourth-order valence-corrected chi connectivity index (χ4v) is 3.75. The quantitative estimate of drug-likeness (QED) is 0.628. The molecule has 2 heterocycles. The van der Waals surface area contributed by atoms with Gasteiger partial charge in [0.15, 0.2) is 5.11 Å². The van der Waals surface area contributed by atoms with Crippen molar-refractivity contribution >= 4 is 52.0 Å². The Morgan fingerprint density at radius 1 is 1.04 bits per heavy atom. The van der Waals surface area contributed by atoms with Crippen molar-refractivity contribution < 1.29 is 13.2 Å². The molecule has 1 aliphatic heterocycles. The normalized spacial score (nSPS) is 15.3. The summed E-state index contributed by atoms with van der Waals surface area (Å²) in [6.45, 7) is 2.61. The van der Waals surface area contributed by atoms with Crippen molar-refractivity contribution in [3.05, 3.63) is 52.1 Å². The maximum Gasteiger partial charge on any atom is 0.417 e. The summed E-state index contributed by atoms with van der Waals surface area (Å²) in [7, 11) is 0. The van der Waals surface area contributed by atoms with Crippen LogP contribution in [-0.4, -0.2) is 41.2 Å². The average molecular weight is 449 g/mol. The Hall–Kier alpha value is -1.77. The van der Waals surface area contributed by atoms with Crippen LogP contribution in [0.4, 0.5) is 24.7 Å². The molecule has 1 fully saturated rings. The Morgan fingerprint density at radius 3 is 2.36 bits per heavy atom. The SMILES string of the molecule is FC(F)(F)c1ccc(N2CCCN(C(=S)Nc3cc(Cl)cc(Cl)c3)CC2)nc1. The van der Waals surface area contributed by atoms with E-state index < -0.39 is 11.7 Å². The number of hydrogen-bond acceptors (Lipinski definition) is 3. The lowest BCUT2D eigenvalue weighted by atomic mass is 10.2. The lowest BCUT2D eigenvalue weighted by Crippen LogP contribution is -2.38. The van der Waals surface area contributed by atoms with Crippen LogP contribution in [-0.2, 0) is 6.18 Å². The number of thiocarbonyl (C=S) groups is 1. The standard InChI is InChI=1S/C18H17Cl2F3N4S/c19-13-8-14(20)10-15(9-13)25-17(28)27-5-1-4-26(6-7-27)16-3-2-12(11-24-16)18(21,22)23/h2-3,8-11H,1,4-7H2,(H,25,28). The van der Waals surface area contributed by atoms with Crippen molar-refractivity contribution in [3.63, 3.8) is 0 Å². The topological polar surface area (TPSA) is 31.4 Å². The zero-order valence-corrected chi connectivity index (χ0v) is 17.0. The minimum absolute atomic E-state index is 0.508. The summed E-state index contributed by atoms with van der Waals surface area (Å²) >= 11 is 17.5. The van der Waals surface area contributed by atoms with Gasteiger partial charge >= 0.3 is 6.18 Å². The maximum absolute atomic E-state index is 12.7. The number of anilines is 2. The van der Waals surface area contributed by atoms with E-state index in [1.54, 1.807) is 18.2 Å². The molecule has 28 heavy (non-hydrogen) atoms. The molecule has 1 N–H and O–H groups in total. The lowest BCUT2D eigenvalue weighted by Gasteiger charge is -2.25. The van der Waals surface area contributed by atoms with Crippen LogP contribution in [0.1, 0.15) is 12.0 Å². The molecule has 150 valence electrons. The van der Waals surface area contributed by atoms with E-state index in [0.29, 0.717) is 46.3 Å². The molecule has 4 nitrogen and oxygen atoms in total. The molecule has 1 aromatic carbocycles. The minimum atomic E-state index is -4.39. The van der Waals surface area contributed by atoms with Gasteiger partial charge in [-0.1, -0.05) is 23.2 Å². The summed E-state index contributed by atoms with van der Waals surface area (Å²) in [6.07, 6.45) is -2.73. The van der Waals surface area contributed by atoms with Crippen molar-refractivity contribution in [2.24, 2.45) is 0 Å². The van der Waals surface area contributed by atoms with Crippen molar-refractivity contribution in [2.45, 2.75) is 12.6 Å². The molecule has 0 aliphatic carbocycles. The Balaban J connectivity index is 1.62. The van der Waals surface area contributed by atoms with Gasteiger partial charge in [0.2, 0.25) is 0 Å². The van der Waals surface area contributed by atoms with Crippen LogP contribution in [0.5, 0.6) is 0 Å². The third-order valence-corrected chi connectivity index (χ3v) is 5.09. The summed E-state index contributed by atoms with van der Waals surface area (Å²) < 4.78 is 38.1. The number of nitrogens with one attached hydrogen (secondary N) is 1. The van der Waals surface area contributed by atoms with E-state index in [0.717, 1.165) is 25.2 Å². The van der Waals surface area contributed by atoms with Crippen molar-refractivity contribution in [1.29, 1.82) is 0 Å². The second kappa shape index (κ2) is 8.71. The highest BCUT2D eigenvalue weighted by atomic mass is 35.5. The second-order valence-corrected chi connectivity index (χ2v) is 7.58. The van der Waals surface area contributed by atoms with Crippen molar-refractivity contribution in [1.82, 2.24) is 9.88 Å². The van der Waals surface area contributed by atoms with Gasteiger partial charge in [0.1, 0.15) is 5.82 Å². The lowest BCUT2D eigenvalue weighted by molar-refractivity contribution is -0.137. The number of aromatic nitrogens is 1. The van der Waals surface area contributed by atoms with E-state index in [1.165, 1.54) is 6.07 Å². The Kier molecular flexibility index (Phi) is 6.52. The van der Waals surface area contributed by atoms with E-state index in [4.69, 9.17) is 35.4 Å². The number of benzene rings is 1. The first-order valence-corrected chi connectivity index (χ1v) is 9.69. The number of nitrogens with zero attached hydrogens (tertiary/aromatic N) is 3. The number of hydrogen-bond donors (Lipinski definition) is 1. The van der Waals surface area contributed by atoms with E-state index in [9.17, 15) is 13.2 Å². The van der Waals surface area contributed by atoms with Crippen LogP contribution in [0.25, 0.3) is 0 Å². The first-order valence-electron chi connectivity index (χ1n) is 8.52. The Morgan fingerprint density at radius 2 is 1.75 bits per heavy atom.